The number of imidazole rings is 1. The fourth-order valence-corrected chi connectivity index (χ4v) is 2.74. The van der Waals surface area contributed by atoms with Crippen molar-refractivity contribution < 1.29 is 4.74 Å². The predicted molar refractivity (Wildman–Crippen MR) is 73.8 cm³/mol. The molecule has 1 aliphatic rings. The van der Waals surface area contributed by atoms with Crippen molar-refractivity contribution in [3.63, 3.8) is 0 Å². The largest absolute Gasteiger partial charge is 0.378 e. The molecule has 2 heterocycles. The lowest BCUT2D eigenvalue weighted by Crippen LogP contribution is -2.32. The Morgan fingerprint density at radius 1 is 1.35 bits per heavy atom. The van der Waals surface area contributed by atoms with Crippen molar-refractivity contribution in [1.82, 2.24) is 19.5 Å². The van der Waals surface area contributed by atoms with Gasteiger partial charge >= 0.3 is 5.69 Å². The summed E-state index contributed by atoms with van der Waals surface area (Å²) in [6, 6.07) is 0. The van der Waals surface area contributed by atoms with Crippen LogP contribution in [0.2, 0.25) is 0 Å². The molecule has 7 heteroatoms. The highest BCUT2D eigenvalue weighted by Crippen LogP contribution is 2.32. The van der Waals surface area contributed by atoms with E-state index in [9.17, 15) is 9.59 Å². The van der Waals surface area contributed by atoms with Gasteiger partial charge in [0.05, 0.1) is 6.10 Å². The minimum absolute atomic E-state index is 0.363. The van der Waals surface area contributed by atoms with Crippen molar-refractivity contribution in [3.05, 3.63) is 26.7 Å². The summed E-state index contributed by atoms with van der Waals surface area (Å²) < 4.78 is 6.88. The van der Waals surface area contributed by atoms with Gasteiger partial charge < -0.3 is 9.72 Å². The molecule has 108 valence electrons. The highest BCUT2D eigenvalue weighted by Gasteiger charge is 2.30. The van der Waals surface area contributed by atoms with Gasteiger partial charge in [0.15, 0.2) is 5.65 Å². The zero-order chi connectivity index (χ0) is 14.3. The van der Waals surface area contributed by atoms with Crippen LogP contribution in [0.15, 0.2) is 9.59 Å². The van der Waals surface area contributed by atoms with Gasteiger partial charge in [0.2, 0.25) is 0 Å². The summed E-state index contributed by atoms with van der Waals surface area (Å²) in [7, 11) is 1.60. The Hall–Kier alpha value is -1.89. The smallest absolute Gasteiger partial charge is 0.329 e. The molecule has 1 fully saturated rings. The van der Waals surface area contributed by atoms with E-state index in [1.807, 2.05) is 6.92 Å². The number of hydrogen-bond acceptors (Lipinski definition) is 4. The SMILES string of the molecule is CCOC1CC(Cc2nc3c([nH]2)c(=O)[nH]c(=O)n3C)C1. The van der Waals surface area contributed by atoms with E-state index in [-0.39, 0.29) is 0 Å². The summed E-state index contributed by atoms with van der Waals surface area (Å²) >= 11 is 0. The number of hydrogen-bond donors (Lipinski definition) is 2. The van der Waals surface area contributed by atoms with Gasteiger partial charge in [-0.1, -0.05) is 0 Å². The van der Waals surface area contributed by atoms with Crippen LogP contribution in [-0.4, -0.2) is 32.2 Å². The first kappa shape index (κ1) is 13.1. The third kappa shape index (κ3) is 2.18. The highest BCUT2D eigenvalue weighted by atomic mass is 16.5. The van der Waals surface area contributed by atoms with Crippen LogP contribution in [-0.2, 0) is 18.2 Å². The molecule has 0 unspecified atom stereocenters. The summed E-state index contributed by atoms with van der Waals surface area (Å²) in [6.07, 6.45) is 3.20. The van der Waals surface area contributed by atoms with Gasteiger partial charge in [0, 0.05) is 20.1 Å². The Balaban J connectivity index is 1.81. The monoisotopic (exact) mass is 278 g/mol. The second-order valence-corrected chi connectivity index (χ2v) is 5.32. The summed E-state index contributed by atoms with van der Waals surface area (Å²) in [5.74, 6) is 1.29. The minimum Gasteiger partial charge on any atom is -0.378 e. The predicted octanol–water partition coefficient (Wildman–Crippen LogP) is 0.307. The van der Waals surface area contributed by atoms with Crippen LogP contribution in [0.1, 0.15) is 25.6 Å². The quantitative estimate of drug-likeness (QED) is 0.841. The number of H-pyrrole nitrogens is 2. The van der Waals surface area contributed by atoms with Gasteiger partial charge in [-0.15, -0.1) is 0 Å². The average molecular weight is 278 g/mol. The Bertz CT molecular complexity index is 736. The Kier molecular flexibility index (Phi) is 3.21. The molecule has 2 N–H and O–H groups in total. The zero-order valence-electron chi connectivity index (χ0n) is 11.6. The normalized spacial score (nSPS) is 22.1. The minimum atomic E-state index is -0.444. The third-order valence-corrected chi connectivity index (χ3v) is 3.88. The second-order valence-electron chi connectivity index (χ2n) is 5.32. The third-order valence-electron chi connectivity index (χ3n) is 3.88. The number of aryl methyl sites for hydroxylation is 1. The summed E-state index contributed by atoms with van der Waals surface area (Å²) in [4.78, 5) is 32.9. The molecule has 0 bridgehead atoms. The molecule has 0 aliphatic heterocycles. The van der Waals surface area contributed by atoms with Gasteiger partial charge in [0.1, 0.15) is 11.3 Å². The van der Waals surface area contributed by atoms with Gasteiger partial charge in [0.25, 0.3) is 5.56 Å². The van der Waals surface area contributed by atoms with Crippen LogP contribution in [0.5, 0.6) is 0 Å². The second kappa shape index (κ2) is 4.90. The van der Waals surface area contributed by atoms with Gasteiger partial charge in [-0.3, -0.25) is 14.3 Å². The maximum Gasteiger partial charge on any atom is 0.329 e. The molecule has 0 atom stereocenters. The molecule has 20 heavy (non-hydrogen) atoms. The number of nitrogens with one attached hydrogen (secondary N) is 2. The van der Waals surface area contributed by atoms with Crippen molar-refractivity contribution in [2.45, 2.75) is 32.3 Å². The highest BCUT2D eigenvalue weighted by molar-refractivity contribution is 5.69. The van der Waals surface area contributed by atoms with Crippen molar-refractivity contribution >= 4 is 11.2 Å². The van der Waals surface area contributed by atoms with E-state index >= 15 is 0 Å². The fourth-order valence-electron chi connectivity index (χ4n) is 2.74. The van der Waals surface area contributed by atoms with Gasteiger partial charge in [-0.25, -0.2) is 9.78 Å². The van der Waals surface area contributed by atoms with Crippen molar-refractivity contribution in [1.29, 1.82) is 0 Å². The van der Waals surface area contributed by atoms with Crippen molar-refractivity contribution in [2.24, 2.45) is 13.0 Å². The van der Waals surface area contributed by atoms with E-state index in [0.29, 0.717) is 23.2 Å². The first-order valence-electron chi connectivity index (χ1n) is 6.88. The molecule has 0 spiro atoms. The maximum atomic E-state index is 11.7. The fraction of sp³-hybridized carbons (Fsp3) is 0.615. The molecule has 2 aromatic heterocycles. The molecule has 3 rings (SSSR count). The number of ether oxygens (including phenoxy) is 1. The lowest BCUT2D eigenvalue weighted by Gasteiger charge is -2.34. The lowest BCUT2D eigenvalue weighted by molar-refractivity contribution is -0.0244. The topological polar surface area (TPSA) is 92.8 Å². The van der Waals surface area contributed by atoms with E-state index in [1.165, 1.54) is 4.57 Å². The van der Waals surface area contributed by atoms with Crippen LogP contribution in [0.4, 0.5) is 0 Å². The number of aromatic amines is 2. The molecule has 0 aromatic carbocycles. The standard InChI is InChI=1S/C13H18N4O3/c1-3-20-8-4-7(5-8)6-9-14-10-11(15-9)17(2)13(19)16-12(10)18/h7-8H,3-6H2,1-2H3,(H,14,15)(H,16,18,19). The molecular formula is C13H18N4O3. The van der Waals surface area contributed by atoms with E-state index in [1.54, 1.807) is 7.05 Å². The first-order chi connectivity index (χ1) is 9.58. The van der Waals surface area contributed by atoms with Gasteiger partial charge in [-0.05, 0) is 25.7 Å². The summed E-state index contributed by atoms with van der Waals surface area (Å²) in [5, 5.41) is 0. The lowest BCUT2D eigenvalue weighted by atomic mass is 9.80. The number of rotatable bonds is 4. The zero-order valence-corrected chi connectivity index (χ0v) is 11.6. The van der Waals surface area contributed by atoms with Crippen molar-refractivity contribution in [3.8, 4) is 0 Å². The number of aromatic nitrogens is 4. The molecule has 0 saturated heterocycles. The summed E-state index contributed by atoms with van der Waals surface area (Å²) in [6.45, 7) is 2.75. The van der Waals surface area contributed by atoms with Crippen LogP contribution in [0.25, 0.3) is 11.2 Å². The Labute approximate surface area is 115 Å². The van der Waals surface area contributed by atoms with Gasteiger partial charge in [-0.2, -0.15) is 0 Å². The molecule has 1 saturated carbocycles. The molecule has 1 aliphatic carbocycles. The van der Waals surface area contributed by atoms with Crippen LogP contribution >= 0.6 is 0 Å². The van der Waals surface area contributed by atoms with Crippen LogP contribution in [0, 0.1) is 5.92 Å². The number of fused-ring (bicyclic) bond motifs is 1. The van der Waals surface area contributed by atoms with Crippen LogP contribution < -0.4 is 11.2 Å². The Morgan fingerprint density at radius 2 is 2.10 bits per heavy atom. The summed E-state index contributed by atoms with van der Waals surface area (Å²) in [5.41, 5.74) is -0.0829. The molecule has 0 radical (unpaired) electrons. The maximum absolute atomic E-state index is 11.7. The van der Waals surface area contributed by atoms with Crippen LogP contribution in [0.3, 0.4) is 0 Å². The van der Waals surface area contributed by atoms with E-state index in [4.69, 9.17) is 4.74 Å². The van der Waals surface area contributed by atoms with Crippen molar-refractivity contribution in [2.75, 3.05) is 6.61 Å². The molecule has 2 aromatic rings. The van der Waals surface area contributed by atoms with E-state index in [2.05, 4.69) is 15.0 Å². The first-order valence-corrected chi connectivity index (χ1v) is 6.88. The van der Waals surface area contributed by atoms with E-state index < -0.39 is 11.2 Å². The molecule has 7 nitrogen and oxygen atoms in total. The average Bonchev–Trinajstić information content (AvgIpc) is 2.78. The Morgan fingerprint density at radius 3 is 2.80 bits per heavy atom. The molecule has 0 amide bonds. The van der Waals surface area contributed by atoms with E-state index in [0.717, 1.165) is 31.7 Å². The number of nitrogens with zero attached hydrogens (tertiary/aromatic N) is 2. The molecular weight excluding hydrogens is 260 g/mol.